The minimum Gasteiger partial charge on any atom is -0.478 e. The van der Waals surface area contributed by atoms with Crippen LogP contribution in [0, 0.1) is 11.6 Å². The van der Waals surface area contributed by atoms with E-state index in [1.54, 1.807) is 0 Å². The quantitative estimate of drug-likeness (QED) is 0.917. The van der Waals surface area contributed by atoms with Gasteiger partial charge in [-0.15, -0.1) is 0 Å². The third kappa shape index (κ3) is 2.90. The van der Waals surface area contributed by atoms with E-state index in [2.05, 4.69) is 15.9 Å². The van der Waals surface area contributed by atoms with Crippen LogP contribution in [0.15, 0.2) is 40.9 Å². The van der Waals surface area contributed by atoms with Gasteiger partial charge in [-0.05, 0) is 40.2 Å². The Labute approximate surface area is 115 Å². The van der Waals surface area contributed by atoms with Gasteiger partial charge in [0.05, 0.1) is 0 Å². The van der Waals surface area contributed by atoms with Crippen molar-refractivity contribution in [2.75, 3.05) is 0 Å². The second-order valence-electron chi connectivity index (χ2n) is 3.59. The minimum absolute atomic E-state index is 0.0774. The number of rotatable bonds is 3. The Kier molecular flexibility index (Phi) is 3.80. The first-order valence-electron chi connectivity index (χ1n) is 5.13. The Morgan fingerprint density at radius 3 is 2.58 bits per heavy atom. The fraction of sp³-hybridized carbons (Fsp3) is 0. The van der Waals surface area contributed by atoms with Crippen LogP contribution in [0.1, 0.15) is 10.4 Å². The van der Waals surface area contributed by atoms with Crippen LogP contribution in [0.3, 0.4) is 0 Å². The minimum atomic E-state index is -1.24. The Morgan fingerprint density at radius 2 is 1.89 bits per heavy atom. The molecule has 6 heteroatoms. The second kappa shape index (κ2) is 5.36. The van der Waals surface area contributed by atoms with Crippen molar-refractivity contribution >= 4 is 21.9 Å². The number of ether oxygens (including phenoxy) is 1. The van der Waals surface area contributed by atoms with Crippen molar-refractivity contribution < 1.29 is 23.4 Å². The van der Waals surface area contributed by atoms with Crippen molar-refractivity contribution in [3.63, 3.8) is 0 Å². The molecule has 98 valence electrons. The predicted molar refractivity (Wildman–Crippen MR) is 67.5 cm³/mol. The molecule has 0 aliphatic heterocycles. The van der Waals surface area contributed by atoms with Crippen LogP contribution in [0.5, 0.6) is 11.5 Å². The molecule has 3 nitrogen and oxygen atoms in total. The summed E-state index contributed by atoms with van der Waals surface area (Å²) in [6.45, 7) is 0. The SMILES string of the molecule is O=C(O)c1c(Br)cccc1Oc1cc(F)ccc1F. The number of hydrogen-bond donors (Lipinski definition) is 1. The molecule has 0 heterocycles. The summed E-state index contributed by atoms with van der Waals surface area (Å²) in [5, 5.41) is 9.07. The number of benzene rings is 2. The zero-order valence-corrected chi connectivity index (χ0v) is 10.9. The van der Waals surface area contributed by atoms with Crippen LogP contribution in [0.2, 0.25) is 0 Å². The van der Waals surface area contributed by atoms with E-state index < -0.39 is 17.6 Å². The first-order chi connectivity index (χ1) is 8.99. The van der Waals surface area contributed by atoms with Gasteiger partial charge in [-0.1, -0.05) is 6.07 Å². The smallest absolute Gasteiger partial charge is 0.340 e. The van der Waals surface area contributed by atoms with E-state index in [1.807, 2.05) is 0 Å². The van der Waals surface area contributed by atoms with Crippen molar-refractivity contribution in [1.29, 1.82) is 0 Å². The Bertz CT molecular complexity index is 644. The predicted octanol–water partition coefficient (Wildman–Crippen LogP) is 4.22. The van der Waals surface area contributed by atoms with Gasteiger partial charge in [0.15, 0.2) is 11.6 Å². The molecule has 0 atom stereocenters. The molecule has 2 rings (SSSR count). The van der Waals surface area contributed by atoms with Gasteiger partial charge in [0.2, 0.25) is 0 Å². The lowest BCUT2D eigenvalue weighted by Gasteiger charge is -2.10. The molecular formula is C13H7BrF2O3. The molecule has 0 aliphatic rings. The second-order valence-corrected chi connectivity index (χ2v) is 4.45. The number of halogens is 3. The van der Waals surface area contributed by atoms with Crippen molar-refractivity contribution in [3.8, 4) is 11.5 Å². The summed E-state index contributed by atoms with van der Waals surface area (Å²) >= 11 is 3.07. The maximum absolute atomic E-state index is 13.4. The first-order valence-corrected chi connectivity index (χ1v) is 5.93. The van der Waals surface area contributed by atoms with Crippen LogP contribution in [-0.4, -0.2) is 11.1 Å². The molecule has 1 N–H and O–H groups in total. The third-order valence-corrected chi connectivity index (χ3v) is 2.96. The van der Waals surface area contributed by atoms with E-state index in [1.165, 1.54) is 18.2 Å². The van der Waals surface area contributed by atoms with Crippen molar-refractivity contribution in [3.05, 3.63) is 58.1 Å². The van der Waals surface area contributed by atoms with Crippen molar-refractivity contribution in [2.45, 2.75) is 0 Å². The Hall–Kier alpha value is -1.95. The largest absolute Gasteiger partial charge is 0.478 e. The van der Waals surface area contributed by atoms with Crippen LogP contribution in [0.4, 0.5) is 8.78 Å². The van der Waals surface area contributed by atoms with Crippen molar-refractivity contribution in [2.24, 2.45) is 0 Å². The number of carboxylic acids is 1. The Balaban J connectivity index is 2.46. The maximum Gasteiger partial charge on any atom is 0.340 e. The summed E-state index contributed by atoms with van der Waals surface area (Å²) in [6, 6.07) is 7.10. The molecule has 0 bridgehead atoms. The average molecular weight is 329 g/mol. The third-order valence-electron chi connectivity index (χ3n) is 2.30. The molecule has 0 spiro atoms. The van der Waals surface area contributed by atoms with E-state index in [0.717, 1.165) is 18.2 Å². The lowest BCUT2D eigenvalue weighted by atomic mass is 10.2. The zero-order valence-electron chi connectivity index (χ0n) is 9.36. The molecule has 0 radical (unpaired) electrons. The Morgan fingerprint density at radius 1 is 1.16 bits per heavy atom. The highest BCUT2D eigenvalue weighted by atomic mass is 79.9. The maximum atomic E-state index is 13.4. The van der Waals surface area contributed by atoms with E-state index in [-0.39, 0.29) is 21.5 Å². The van der Waals surface area contributed by atoms with Crippen LogP contribution in [-0.2, 0) is 0 Å². The summed E-state index contributed by atoms with van der Waals surface area (Å²) in [5.41, 5.74) is -0.161. The highest BCUT2D eigenvalue weighted by molar-refractivity contribution is 9.10. The first kappa shape index (κ1) is 13.5. The summed E-state index contributed by atoms with van der Waals surface area (Å²) in [4.78, 5) is 11.1. The van der Waals surface area contributed by atoms with Gasteiger partial charge in [0.25, 0.3) is 0 Å². The van der Waals surface area contributed by atoms with E-state index in [0.29, 0.717) is 0 Å². The van der Waals surface area contributed by atoms with Crippen molar-refractivity contribution in [1.82, 2.24) is 0 Å². The fourth-order valence-corrected chi connectivity index (χ4v) is 1.99. The molecule has 0 saturated carbocycles. The van der Waals surface area contributed by atoms with Crippen LogP contribution < -0.4 is 4.74 Å². The zero-order chi connectivity index (χ0) is 14.0. The molecule has 2 aromatic carbocycles. The molecule has 0 saturated heterocycles. The summed E-state index contributed by atoms with van der Waals surface area (Å²) in [6.07, 6.45) is 0. The standard InChI is InChI=1S/C13H7BrF2O3/c14-8-2-1-3-10(12(8)13(17)18)19-11-6-7(15)4-5-9(11)16/h1-6H,(H,17,18). The normalized spacial score (nSPS) is 10.3. The molecule has 2 aromatic rings. The van der Waals surface area contributed by atoms with Gasteiger partial charge < -0.3 is 9.84 Å². The lowest BCUT2D eigenvalue weighted by molar-refractivity contribution is 0.0693. The monoisotopic (exact) mass is 328 g/mol. The summed E-state index contributed by atoms with van der Waals surface area (Å²) < 4.78 is 31.9. The number of carboxylic acid groups (broad SMARTS) is 1. The van der Waals surface area contributed by atoms with Gasteiger partial charge in [-0.2, -0.15) is 0 Å². The number of carbonyl (C=O) groups is 1. The highest BCUT2D eigenvalue weighted by Gasteiger charge is 2.17. The van der Waals surface area contributed by atoms with E-state index in [4.69, 9.17) is 9.84 Å². The molecule has 0 aromatic heterocycles. The van der Waals surface area contributed by atoms with Gasteiger partial charge >= 0.3 is 5.97 Å². The highest BCUT2D eigenvalue weighted by Crippen LogP contribution is 2.32. The molecule has 0 aliphatic carbocycles. The topological polar surface area (TPSA) is 46.5 Å². The fourth-order valence-electron chi connectivity index (χ4n) is 1.47. The lowest BCUT2D eigenvalue weighted by Crippen LogP contribution is -2.02. The van der Waals surface area contributed by atoms with Gasteiger partial charge in [0, 0.05) is 10.5 Å². The van der Waals surface area contributed by atoms with Gasteiger partial charge in [-0.25, -0.2) is 13.6 Å². The van der Waals surface area contributed by atoms with Gasteiger partial charge in [-0.3, -0.25) is 0 Å². The molecular weight excluding hydrogens is 322 g/mol. The van der Waals surface area contributed by atoms with E-state index >= 15 is 0 Å². The van der Waals surface area contributed by atoms with Crippen LogP contribution >= 0.6 is 15.9 Å². The molecule has 0 amide bonds. The molecule has 0 unspecified atom stereocenters. The summed E-state index contributed by atoms with van der Waals surface area (Å²) in [5.74, 6) is -3.15. The summed E-state index contributed by atoms with van der Waals surface area (Å²) in [7, 11) is 0. The number of aromatic carboxylic acids is 1. The molecule has 0 fully saturated rings. The molecule has 19 heavy (non-hydrogen) atoms. The number of hydrogen-bond acceptors (Lipinski definition) is 2. The average Bonchev–Trinajstić information content (AvgIpc) is 2.33. The van der Waals surface area contributed by atoms with E-state index in [9.17, 15) is 13.6 Å². The van der Waals surface area contributed by atoms with Crippen LogP contribution in [0.25, 0.3) is 0 Å². The van der Waals surface area contributed by atoms with Gasteiger partial charge in [0.1, 0.15) is 17.1 Å².